The number of halogens is 2. The Hall–Kier alpha value is -0.910. The molecule has 1 saturated heterocycles. The van der Waals surface area contributed by atoms with Crippen LogP contribution in [0.25, 0.3) is 0 Å². The van der Waals surface area contributed by atoms with Crippen LogP contribution in [-0.2, 0) is 4.79 Å². The van der Waals surface area contributed by atoms with Crippen LogP contribution in [-0.4, -0.2) is 39.6 Å². The molecular weight excluding hydrogens is 297 g/mol. The molecule has 1 aromatic carbocycles. The monoisotopic (exact) mass is 305 g/mol. The van der Waals surface area contributed by atoms with E-state index in [2.05, 4.69) is 0 Å². The van der Waals surface area contributed by atoms with E-state index < -0.39 is 17.9 Å². The summed E-state index contributed by atoms with van der Waals surface area (Å²) in [4.78, 5) is 24.6. The maximum Gasteiger partial charge on any atom is 0.327 e. The minimum atomic E-state index is -1.01. The summed E-state index contributed by atoms with van der Waals surface area (Å²) in [5.74, 6) is -0.677. The van der Waals surface area contributed by atoms with E-state index in [-0.39, 0.29) is 10.6 Å². The smallest absolute Gasteiger partial charge is 0.327 e. The van der Waals surface area contributed by atoms with E-state index in [1.807, 2.05) is 0 Å². The number of hydrogen-bond donors (Lipinski definition) is 1. The SMILES string of the molecule is O=C(O)[C@@H]1CSCN1C(=O)c1cc(Cl)ccc1Cl. The van der Waals surface area contributed by atoms with Crippen molar-refractivity contribution in [1.82, 2.24) is 4.90 Å². The van der Waals surface area contributed by atoms with Crippen LogP contribution in [0.15, 0.2) is 18.2 Å². The second kappa shape index (κ2) is 5.38. The highest BCUT2D eigenvalue weighted by Gasteiger charge is 2.35. The molecule has 0 unspecified atom stereocenters. The van der Waals surface area contributed by atoms with Crippen molar-refractivity contribution in [2.45, 2.75) is 6.04 Å². The van der Waals surface area contributed by atoms with Gasteiger partial charge in [0.15, 0.2) is 0 Å². The average molecular weight is 306 g/mol. The predicted octanol–water partition coefficient (Wildman–Crippen LogP) is 2.59. The Morgan fingerprint density at radius 3 is 2.78 bits per heavy atom. The molecule has 1 atom stereocenters. The molecular formula is C11H9Cl2NO3S. The fraction of sp³-hybridized carbons (Fsp3) is 0.273. The van der Waals surface area contributed by atoms with Crippen LogP contribution in [0.1, 0.15) is 10.4 Å². The quantitative estimate of drug-likeness (QED) is 0.912. The number of amides is 1. The second-order valence-corrected chi connectivity index (χ2v) is 5.60. The molecule has 4 nitrogen and oxygen atoms in total. The molecule has 0 spiro atoms. The van der Waals surface area contributed by atoms with Gasteiger partial charge < -0.3 is 10.0 Å². The van der Waals surface area contributed by atoms with Gasteiger partial charge in [0.2, 0.25) is 0 Å². The number of carbonyl (C=O) groups is 2. The minimum absolute atomic E-state index is 0.234. The molecule has 1 N–H and O–H groups in total. The third kappa shape index (κ3) is 2.58. The first-order valence-electron chi connectivity index (χ1n) is 5.07. The van der Waals surface area contributed by atoms with E-state index in [0.717, 1.165) is 0 Å². The van der Waals surface area contributed by atoms with Crippen LogP contribution in [0.5, 0.6) is 0 Å². The fourth-order valence-corrected chi connectivity index (χ4v) is 3.18. The fourth-order valence-electron chi connectivity index (χ4n) is 1.66. The molecule has 1 fully saturated rings. The molecule has 96 valence electrons. The molecule has 0 aliphatic carbocycles. The molecule has 0 bridgehead atoms. The Labute approximate surface area is 118 Å². The molecule has 1 heterocycles. The van der Waals surface area contributed by atoms with Crippen molar-refractivity contribution in [1.29, 1.82) is 0 Å². The Kier molecular flexibility index (Phi) is 4.04. The van der Waals surface area contributed by atoms with Crippen LogP contribution in [0, 0.1) is 0 Å². The first kappa shape index (κ1) is 13.5. The largest absolute Gasteiger partial charge is 0.480 e. The maximum absolute atomic E-state index is 12.2. The summed E-state index contributed by atoms with van der Waals surface area (Å²) in [5, 5.41) is 9.70. The highest BCUT2D eigenvalue weighted by atomic mass is 35.5. The van der Waals surface area contributed by atoms with Crippen molar-refractivity contribution >= 4 is 46.8 Å². The lowest BCUT2D eigenvalue weighted by atomic mass is 10.1. The first-order valence-corrected chi connectivity index (χ1v) is 6.98. The summed E-state index contributed by atoms with van der Waals surface area (Å²) in [5.41, 5.74) is 0.234. The molecule has 1 aliphatic heterocycles. The third-order valence-electron chi connectivity index (χ3n) is 2.59. The van der Waals surface area contributed by atoms with Crippen LogP contribution in [0.4, 0.5) is 0 Å². The zero-order chi connectivity index (χ0) is 13.3. The van der Waals surface area contributed by atoms with Gasteiger partial charge >= 0.3 is 5.97 Å². The molecule has 1 amide bonds. The van der Waals surface area contributed by atoms with Crippen molar-refractivity contribution in [2.24, 2.45) is 0 Å². The number of benzene rings is 1. The highest BCUT2D eigenvalue weighted by molar-refractivity contribution is 7.99. The van der Waals surface area contributed by atoms with Gasteiger partial charge in [0, 0.05) is 10.8 Å². The van der Waals surface area contributed by atoms with Crippen molar-refractivity contribution in [2.75, 3.05) is 11.6 Å². The zero-order valence-corrected chi connectivity index (χ0v) is 11.4. The number of aliphatic carboxylic acids is 1. The van der Waals surface area contributed by atoms with E-state index in [1.165, 1.54) is 28.8 Å². The van der Waals surface area contributed by atoms with Crippen molar-refractivity contribution < 1.29 is 14.7 Å². The summed E-state index contributed by atoms with van der Waals surface area (Å²) < 4.78 is 0. The van der Waals surface area contributed by atoms with Crippen LogP contribution >= 0.6 is 35.0 Å². The number of carboxylic acid groups (broad SMARTS) is 1. The van der Waals surface area contributed by atoms with E-state index in [1.54, 1.807) is 6.07 Å². The van der Waals surface area contributed by atoms with Crippen molar-refractivity contribution in [3.8, 4) is 0 Å². The minimum Gasteiger partial charge on any atom is -0.480 e. The first-order chi connectivity index (χ1) is 8.50. The number of thioether (sulfide) groups is 1. The Morgan fingerprint density at radius 1 is 1.39 bits per heavy atom. The third-order valence-corrected chi connectivity index (χ3v) is 4.16. The van der Waals surface area contributed by atoms with Crippen molar-refractivity contribution in [3.63, 3.8) is 0 Å². The van der Waals surface area contributed by atoms with Gasteiger partial charge in [-0.1, -0.05) is 23.2 Å². The standard InChI is InChI=1S/C11H9Cl2NO3S/c12-6-1-2-8(13)7(3-6)10(15)14-5-18-4-9(14)11(16)17/h1-3,9H,4-5H2,(H,16,17)/t9-/m0/s1. The average Bonchev–Trinajstić information content (AvgIpc) is 2.80. The van der Waals surface area contributed by atoms with Gasteiger partial charge in [-0.25, -0.2) is 4.79 Å². The second-order valence-electron chi connectivity index (χ2n) is 3.75. The highest BCUT2D eigenvalue weighted by Crippen LogP contribution is 2.27. The molecule has 0 aromatic heterocycles. The van der Waals surface area contributed by atoms with E-state index in [0.29, 0.717) is 16.7 Å². The summed E-state index contributed by atoms with van der Waals surface area (Å²) >= 11 is 13.2. The topological polar surface area (TPSA) is 57.6 Å². The number of nitrogens with zero attached hydrogens (tertiary/aromatic N) is 1. The van der Waals surface area contributed by atoms with Gasteiger partial charge in [-0.05, 0) is 18.2 Å². The molecule has 7 heteroatoms. The lowest BCUT2D eigenvalue weighted by Crippen LogP contribution is -2.41. The van der Waals surface area contributed by atoms with Gasteiger partial charge in [-0.2, -0.15) is 0 Å². The number of hydrogen-bond acceptors (Lipinski definition) is 3. The van der Waals surface area contributed by atoms with E-state index >= 15 is 0 Å². The van der Waals surface area contributed by atoms with Crippen LogP contribution in [0.2, 0.25) is 10.0 Å². The van der Waals surface area contributed by atoms with Gasteiger partial charge in [0.1, 0.15) is 6.04 Å². The number of rotatable bonds is 2. The summed E-state index contributed by atoms with van der Waals surface area (Å²) in [6.45, 7) is 0. The predicted molar refractivity (Wildman–Crippen MR) is 71.4 cm³/mol. The Balaban J connectivity index is 2.31. The van der Waals surface area contributed by atoms with E-state index in [4.69, 9.17) is 28.3 Å². The van der Waals surface area contributed by atoms with Gasteiger partial charge in [0.25, 0.3) is 5.91 Å². The summed E-state index contributed by atoms with van der Waals surface area (Å²) in [6, 6.07) is 3.75. The number of carbonyl (C=O) groups excluding carboxylic acids is 1. The van der Waals surface area contributed by atoms with Crippen LogP contribution < -0.4 is 0 Å². The zero-order valence-electron chi connectivity index (χ0n) is 9.10. The van der Waals surface area contributed by atoms with Crippen molar-refractivity contribution in [3.05, 3.63) is 33.8 Å². The lowest BCUT2D eigenvalue weighted by Gasteiger charge is -2.21. The molecule has 18 heavy (non-hydrogen) atoms. The molecule has 0 radical (unpaired) electrons. The Morgan fingerprint density at radius 2 is 2.11 bits per heavy atom. The normalized spacial score (nSPS) is 19.0. The summed E-state index contributed by atoms with van der Waals surface area (Å²) in [6.07, 6.45) is 0. The number of carboxylic acids is 1. The molecule has 1 aliphatic rings. The molecule has 1 aromatic rings. The van der Waals surface area contributed by atoms with Gasteiger partial charge in [-0.3, -0.25) is 4.79 Å². The van der Waals surface area contributed by atoms with Gasteiger partial charge in [0.05, 0.1) is 16.5 Å². The lowest BCUT2D eigenvalue weighted by molar-refractivity contribution is -0.140. The molecule has 2 rings (SSSR count). The van der Waals surface area contributed by atoms with Crippen LogP contribution in [0.3, 0.4) is 0 Å². The summed E-state index contributed by atoms with van der Waals surface area (Å²) in [7, 11) is 0. The van der Waals surface area contributed by atoms with E-state index in [9.17, 15) is 9.59 Å². The maximum atomic E-state index is 12.2. The Bertz CT molecular complexity index is 509. The van der Waals surface area contributed by atoms with Gasteiger partial charge in [-0.15, -0.1) is 11.8 Å². The molecule has 0 saturated carbocycles.